The van der Waals surface area contributed by atoms with E-state index in [-0.39, 0.29) is 17.9 Å². The molecular weight excluding hydrogens is 412 g/mol. The average molecular weight is 439 g/mol. The minimum atomic E-state index is -0.186. The second kappa shape index (κ2) is 10.9. The van der Waals surface area contributed by atoms with Crippen molar-refractivity contribution in [2.45, 2.75) is 25.4 Å². The minimum absolute atomic E-state index is 0.118. The first-order chi connectivity index (χ1) is 16.2. The summed E-state index contributed by atoms with van der Waals surface area (Å²) >= 11 is 0. The topological polar surface area (TPSA) is 76.0 Å². The van der Waals surface area contributed by atoms with Crippen molar-refractivity contribution in [1.29, 1.82) is 0 Å². The fourth-order valence-corrected chi connectivity index (χ4v) is 3.64. The summed E-state index contributed by atoms with van der Waals surface area (Å²) in [4.78, 5) is 29.4. The monoisotopic (exact) mass is 438 g/mol. The number of nitrogens with zero attached hydrogens (tertiary/aromatic N) is 2. The lowest BCUT2D eigenvalue weighted by molar-refractivity contribution is -0.116. The van der Waals surface area contributed by atoms with Gasteiger partial charge in [0, 0.05) is 36.6 Å². The second-order valence-corrected chi connectivity index (χ2v) is 7.81. The number of hydrogen-bond donors (Lipinski definition) is 2. The summed E-state index contributed by atoms with van der Waals surface area (Å²) < 4.78 is 1.85. The van der Waals surface area contributed by atoms with E-state index < -0.39 is 0 Å². The fraction of sp³-hybridized carbons (Fsp3) is 0.148. The summed E-state index contributed by atoms with van der Waals surface area (Å²) in [6.07, 6.45) is 6.18. The molecule has 6 heteroatoms. The van der Waals surface area contributed by atoms with E-state index in [1.807, 2.05) is 59.3 Å². The number of aromatic nitrogens is 2. The third-order valence-electron chi connectivity index (χ3n) is 5.35. The van der Waals surface area contributed by atoms with Gasteiger partial charge in [0.1, 0.15) is 0 Å². The maximum atomic E-state index is 13.1. The van der Waals surface area contributed by atoms with Crippen LogP contribution in [0.3, 0.4) is 0 Å². The van der Waals surface area contributed by atoms with Crippen molar-refractivity contribution in [3.05, 3.63) is 120 Å². The number of carbonyl (C=O) groups excluding carboxylic acids is 2. The van der Waals surface area contributed by atoms with Crippen LogP contribution in [0.5, 0.6) is 0 Å². The molecule has 0 saturated carbocycles. The summed E-state index contributed by atoms with van der Waals surface area (Å²) in [5.74, 6) is -0.304. The molecule has 0 bridgehead atoms. The maximum Gasteiger partial charge on any atom is 0.251 e. The largest absolute Gasteiger partial charge is 0.345 e. The molecule has 33 heavy (non-hydrogen) atoms. The zero-order chi connectivity index (χ0) is 22.9. The third kappa shape index (κ3) is 6.40. The molecule has 0 spiro atoms. The number of aryl methyl sites for hydroxylation is 1. The SMILES string of the molecule is O=C(CCn1ccnc1)Nc1cccc(C(=O)NC(Cc2ccccc2)c2ccccc2)c1. The van der Waals surface area contributed by atoms with Crippen LogP contribution in [-0.2, 0) is 17.8 Å². The molecule has 3 aromatic carbocycles. The second-order valence-electron chi connectivity index (χ2n) is 7.81. The number of hydrogen-bond acceptors (Lipinski definition) is 3. The average Bonchev–Trinajstić information content (AvgIpc) is 3.37. The first-order valence-corrected chi connectivity index (χ1v) is 10.9. The Bertz CT molecular complexity index is 1180. The number of benzene rings is 3. The fourth-order valence-electron chi connectivity index (χ4n) is 3.64. The van der Waals surface area contributed by atoms with E-state index in [9.17, 15) is 9.59 Å². The van der Waals surface area contributed by atoms with Crippen LogP contribution >= 0.6 is 0 Å². The number of nitrogens with one attached hydrogen (secondary N) is 2. The molecule has 0 radical (unpaired) electrons. The molecule has 1 atom stereocenters. The van der Waals surface area contributed by atoms with E-state index in [2.05, 4.69) is 27.8 Å². The van der Waals surface area contributed by atoms with Gasteiger partial charge in [0.15, 0.2) is 0 Å². The molecule has 6 nitrogen and oxygen atoms in total. The lowest BCUT2D eigenvalue weighted by Crippen LogP contribution is -2.30. The molecule has 1 heterocycles. The minimum Gasteiger partial charge on any atom is -0.345 e. The normalized spacial score (nSPS) is 11.5. The van der Waals surface area contributed by atoms with Gasteiger partial charge >= 0.3 is 0 Å². The van der Waals surface area contributed by atoms with E-state index in [0.29, 0.717) is 30.6 Å². The van der Waals surface area contributed by atoms with E-state index in [1.54, 1.807) is 36.8 Å². The lowest BCUT2D eigenvalue weighted by Gasteiger charge is -2.20. The van der Waals surface area contributed by atoms with Gasteiger partial charge in [-0.3, -0.25) is 9.59 Å². The Morgan fingerprint density at radius 3 is 2.39 bits per heavy atom. The molecular formula is C27H26N4O2. The highest BCUT2D eigenvalue weighted by Crippen LogP contribution is 2.20. The van der Waals surface area contributed by atoms with Gasteiger partial charge in [0.2, 0.25) is 5.91 Å². The summed E-state index contributed by atoms with van der Waals surface area (Å²) in [6, 6.07) is 26.9. The van der Waals surface area contributed by atoms with Gasteiger partial charge in [-0.25, -0.2) is 4.98 Å². The van der Waals surface area contributed by atoms with Crippen LogP contribution < -0.4 is 10.6 Å². The van der Waals surface area contributed by atoms with Crippen molar-refractivity contribution in [2.24, 2.45) is 0 Å². The summed E-state index contributed by atoms with van der Waals surface area (Å²) in [5, 5.41) is 6.03. The van der Waals surface area contributed by atoms with Crippen molar-refractivity contribution in [1.82, 2.24) is 14.9 Å². The first-order valence-electron chi connectivity index (χ1n) is 10.9. The molecule has 4 aromatic rings. The van der Waals surface area contributed by atoms with Gasteiger partial charge in [-0.1, -0.05) is 66.7 Å². The molecule has 1 aromatic heterocycles. The van der Waals surface area contributed by atoms with E-state index in [0.717, 1.165) is 11.1 Å². The highest BCUT2D eigenvalue weighted by Gasteiger charge is 2.17. The zero-order valence-electron chi connectivity index (χ0n) is 18.2. The molecule has 166 valence electrons. The predicted octanol–water partition coefficient (Wildman–Crippen LogP) is 4.63. The van der Waals surface area contributed by atoms with Gasteiger partial charge in [0.25, 0.3) is 5.91 Å². The Morgan fingerprint density at radius 2 is 1.67 bits per heavy atom. The van der Waals surface area contributed by atoms with Gasteiger partial charge in [-0.15, -0.1) is 0 Å². The summed E-state index contributed by atoms with van der Waals surface area (Å²) in [7, 11) is 0. The van der Waals surface area contributed by atoms with Crippen LogP contribution in [0.1, 0.15) is 33.9 Å². The molecule has 1 unspecified atom stereocenters. The third-order valence-corrected chi connectivity index (χ3v) is 5.35. The molecule has 2 N–H and O–H groups in total. The summed E-state index contributed by atoms with van der Waals surface area (Å²) in [5.41, 5.74) is 3.28. The number of anilines is 1. The van der Waals surface area contributed by atoms with E-state index in [4.69, 9.17) is 0 Å². The molecule has 4 rings (SSSR count). The Hall–Kier alpha value is -4.19. The predicted molar refractivity (Wildman–Crippen MR) is 129 cm³/mol. The van der Waals surface area contributed by atoms with E-state index in [1.165, 1.54) is 0 Å². The van der Waals surface area contributed by atoms with Crippen LogP contribution in [0.25, 0.3) is 0 Å². The highest BCUT2D eigenvalue weighted by atomic mass is 16.2. The highest BCUT2D eigenvalue weighted by molar-refractivity contribution is 5.97. The Labute approximate surface area is 193 Å². The summed E-state index contributed by atoms with van der Waals surface area (Å²) in [6.45, 7) is 0.546. The smallest absolute Gasteiger partial charge is 0.251 e. The lowest BCUT2D eigenvalue weighted by atomic mass is 9.98. The molecule has 0 saturated heterocycles. The quantitative estimate of drug-likeness (QED) is 0.400. The standard InChI is InChI=1S/C27H26N4O2/c32-26(14-16-31-17-15-28-20-31)29-24-13-7-12-23(19-24)27(33)30-25(22-10-5-2-6-11-22)18-21-8-3-1-4-9-21/h1-13,15,17,19-20,25H,14,16,18H2,(H,29,32)(H,30,33). The zero-order valence-corrected chi connectivity index (χ0v) is 18.2. The van der Waals surface area contributed by atoms with Crippen molar-refractivity contribution >= 4 is 17.5 Å². The Kier molecular flexibility index (Phi) is 7.28. The number of carbonyl (C=O) groups is 2. The van der Waals surface area contributed by atoms with Crippen molar-refractivity contribution in [2.75, 3.05) is 5.32 Å². The molecule has 0 aliphatic carbocycles. The number of imidazole rings is 1. The van der Waals surface area contributed by atoms with Gasteiger partial charge < -0.3 is 15.2 Å². The molecule has 0 aliphatic heterocycles. The van der Waals surface area contributed by atoms with Gasteiger partial charge in [-0.05, 0) is 35.7 Å². The van der Waals surface area contributed by atoms with Gasteiger partial charge in [-0.2, -0.15) is 0 Å². The van der Waals surface area contributed by atoms with E-state index >= 15 is 0 Å². The van der Waals surface area contributed by atoms with Crippen LogP contribution in [-0.4, -0.2) is 21.4 Å². The molecule has 0 aliphatic rings. The maximum absolute atomic E-state index is 13.1. The first kappa shape index (κ1) is 22.0. The van der Waals surface area contributed by atoms with Crippen LogP contribution in [0.2, 0.25) is 0 Å². The number of amides is 2. The molecule has 2 amide bonds. The van der Waals surface area contributed by atoms with Crippen molar-refractivity contribution in [3.63, 3.8) is 0 Å². The van der Waals surface area contributed by atoms with Crippen LogP contribution in [0.4, 0.5) is 5.69 Å². The molecule has 0 fully saturated rings. The Balaban J connectivity index is 1.43. The van der Waals surface area contributed by atoms with Crippen LogP contribution in [0.15, 0.2) is 104 Å². The van der Waals surface area contributed by atoms with Crippen molar-refractivity contribution < 1.29 is 9.59 Å². The number of rotatable bonds is 9. The van der Waals surface area contributed by atoms with Crippen LogP contribution in [0, 0.1) is 0 Å². The van der Waals surface area contributed by atoms with Crippen molar-refractivity contribution in [3.8, 4) is 0 Å². The Morgan fingerprint density at radius 1 is 0.909 bits per heavy atom. The van der Waals surface area contributed by atoms with Gasteiger partial charge in [0.05, 0.1) is 12.4 Å².